The Morgan fingerprint density at radius 1 is 1.15 bits per heavy atom. The third-order valence-electron chi connectivity index (χ3n) is 6.20. The van der Waals surface area contributed by atoms with E-state index in [1.165, 1.54) is 24.3 Å². The number of halogens is 2. The van der Waals surface area contributed by atoms with Crippen molar-refractivity contribution in [3.63, 3.8) is 0 Å². The first-order chi connectivity index (χ1) is 19.4. The first kappa shape index (κ1) is 31.7. The lowest BCUT2D eigenvalue weighted by molar-refractivity contribution is -0.156. The number of carbonyl (C=O) groups excluding carboxylic acids is 2. The highest BCUT2D eigenvalue weighted by molar-refractivity contribution is 6.34. The number of nitrogens with one attached hydrogen (secondary N) is 2. The van der Waals surface area contributed by atoms with E-state index in [1.54, 1.807) is 19.1 Å². The SMILES string of the molecule is CCOc1cc(NC(=O)C(O)(CC(=O)O)CC(=O)O)c(Cl)cc1C(=O)NCC1CN(Cc2ccc(F)cc2)CCO1. The minimum Gasteiger partial charge on any atom is -0.493 e. The summed E-state index contributed by atoms with van der Waals surface area (Å²) < 4.78 is 24.5. The summed E-state index contributed by atoms with van der Waals surface area (Å²) in [6.45, 7) is 4.21. The molecule has 2 aromatic carbocycles. The monoisotopic (exact) mass is 595 g/mol. The van der Waals surface area contributed by atoms with Gasteiger partial charge in [-0.3, -0.25) is 24.1 Å². The Morgan fingerprint density at radius 2 is 1.80 bits per heavy atom. The minimum atomic E-state index is -2.76. The van der Waals surface area contributed by atoms with Gasteiger partial charge in [-0.2, -0.15) is 0 Å². The summed E-state index contributed by atoms with van der Waals surface area (Å²) in [5.74, 6) is -5.29. The number of aliphatic hydroxyl groups is 1. The van der Waals surface area contributed by atoms with Crippen molar-refractivity contribution in [1.82, 2.24) is 10.2 Å². The second-order valence-electron chi connectivity index (χ2n) is 9.45. The molecule has 0 radical (unpaired) electrons. The van der Waals surface area contributed by atoms with Crippen molar-refractivity contribution < 1.29 is 48.4 Å². The maximum atomic E-state index is 13.2. The van der Waals surface area contributed by atoms with Crippen molar-refractivity contribution in [2.45, 2.75) is 38.0 Å². The first-order valence-corrected chi connectivity index (χ1v) is 13.1. The Morgan fingerprint density at radius 3 is 2.41 bits per heavy atom. The summed E-state index contributed by atoms with van der Waals surface area (Å²) in [7, 11) is 0. The summed E-state index contributed by atoms with van der Waals surface area (Å²) in [6.07, 6.45) is -2.64. The van der Waals surface area contributed by atoms with Crippen molar-refractivity contribution >= 4 is 41.0 Å². The number of anilines is 1. The van der Waals surface area contributed by atoms with Crippen LogP contribution in [0.15, 0.2) is 36.4 Å². The zero-order chi connectivity index (χ0) is 30.2. The standard InChI is InChI=1S/C27H31ClFN3O9/c1-2-40-22-10-21(31-26(38)27(39,11-23(33)34)12-24(35)36)20(28)9-19(22)25(37)30-13-18-15-32(7-8-41-18)14-16-3-5-17(29)6-4-16/h3-6,9-10,18,39H,2,7-8,11-15H2,1H3,(H,30,37)(H,31,38)(H,33,34)(H,35,36). The molecule has 1 aliphatic heterocycles. The molecular formula is C27H31ClFN3O9. The molecule has 0 bridgehead atoms. The molecule has 1 atom stereocenters. The molecule has 0 spiro atoms. The van der Waals surface area contributed by atoms with Gasteiger partial charge in [-0.25, -0.2) is 4.39 Å². The summed E-state index contributed by atoms with van der Waals surface area (Å²) in [5, 5.41) is 33.4. The van der Waals surface area contributed by atoms with Gasteiger partial charge in [-0.1, -0.05) is 23.7 Å². The molecule has 1 saturated heterocycles. The predicted octanol–water partition coefficient (Wildman–Crippen LogP) is 2.13. The van der Waals surface area contributed by atoms with Crippen LogP contribution in [0.4, 0.5) is 10.1 Å². The molecule has 12 nitrogen and oxygen atoms in total. The maximum Gasteiger partial charge on any atom is 0.306 e. The van der Waals surface area contributed by atoms with Gasteiger partial charge in [0.2, 0.25) is 0 Å². The highest BCUT2D eigenvalue weighted by Gasteiger charge is 2.41. The summed E-state index contributed by atoms with van der Waals surface area (Å²) in [5.41, 5.74) is -1.89. The van der Waals surface area contributed by atoms with Crippen LogP contribution in [0.25, 0.3) is 0 Å². The lowest BCUT2D eigenvalue weighted by Crippen LogP contribution is -2.47. The van der Waals surface area contributed by atoms with Gasteiger partial charge in [0.15, 0.2) is 5.60 Å². The molecule has 1 unspecified atom stereocenters. The van der Waals surface area contributed by atoms with Crippen LogP contribution in [0.5, 0.6) is 5.75 Å². The number of carboxylic acid groups (broad SMARTS) is 2. The van der Waals surface area contributed by atoms with Crippen LogP contribution < -0.4 is 15.4 Å². The highest BCUT2D eigenvalue weighted by atomic mass is 35.5. The minimum absolute atomic E-state index is 0.0345. The number of rotatable bonds is 13. The van der Waals surface area contributed by atoms with E-state index < -0.39 is 42.2 Å². The van der Waals surface area contributed by atoms with Crippen LogP contribution in [0.3, 0.4) is 0 Å². The van der Waals surface area contributed by atoms with Gasteiger partial charge < -0.3 is 35.4 Å². The molecule has 1 fully saturated rings. The van der Waals surface area contributed by atoms with Gasteiger partial charge in [-0.05, 0) is 30.7 Å². The zero-order valence-electron chi connectivity index (χ0n) is 22.2. The number of hydrogen-bond donors (Lipinski definition) is 5. The van der Waals surface area contributed by atoms with Gasteiger partial charge in [0.25, 0.3) is 11.8 Å². The fraction of sp³-hybridized carbons (Fsp3) is 0.407. The van der Waals surface area contributed by atoms with Gasteiger partial charge >= 0.3 is 11.9 Å². The molecule has 0 saturated carbocycles. The molecule has 1 aliphatic rings. The molecule has 5 N–H and O–H groups in total. The third-order valence-corrected chi connectivity index (χ3v) is 6.52. The zero-order valence-corrected chi connectivity index (χ0v) is 22.9. The second-order valence-corrected chi connectivity index (χ2v) is 9.86. The molecule has 222 valence electrons. The first-order valence-electron chi connectivity index (χ1n) is 12.7. The molecule has 0 aromatic heterocycles. The van der Waals surface area contributed by atoms with E-state index in [0.29, 0.717) is 26.2 Å². The number of carbonyl (C=O) groups is 4. The van der Waals surface area contributed by atoms with E-state index in [2.05, 4.69) is 15.5 Å². The lowest BCUT2D eigenvalue weighted by atomic mass is 9.94. The van der Waals surface area contributed by atoms with Gasteiger partial charge in [0, 0.05) is 32.2 Å². The Labute approximate surface area is 240 Å². The normalized spacial score (nSPS) is 15.7. The van der Waals surface area contributed by atoms with Crippen molar-refractivity contribution in [3.05, 3.63) is 58.4 Å². The van der Waals surface area contributed by atoms with Gasteiger partial charge in [-0.15, -0.1) is 0 Å². The van der Waals surface area contributed by atoms with Gasteiger partial charge in [0.1, 0.15) is 11.6 Å². The number of morpholine rings is 1. The second kappa shape index (κ2) is 14.2. The van der Waals surface area contributed by atoms with Crippen molar-refractivity contribution in [2.75, 3.05) is 38.2 Å². The van der Waals surface area contributed by atoms with Crippen molar-refractivity contribution in [2.24, 2.45) is 0 Å². The van der Waals surface area contributed by atoms with E-state index in [0.717, 1.165) is 5.56 Å². The van der Waals surface area contributed by atoms with Crippen LogP contribution in [-0.4, -0.2) is 88.5 Å². The van der Waals surface area contributed by atoms with E-state index in [1.807, 2.05) is 0 Å². The number of benzene rings is 2. The molecule has 1 heterocycles. The quantitative estimate of drug-likeness (QED) is 0.231. The average molecular weight is 596 g/mol. The Bertz CT molecular complexity index is 1260. The fourth-order valence-corrected chi connectivity index (χ4v) is 4.47. The van der Waals surface area contributed by atoms with Gasteiger partial charge in [0.05, 0.1) is 48.4 Å². The molecule has 3 rings (SSSR count). The largest absolute Gasteiger partial charge is 0.493 e. The number of amides is 2. The van der Waals surface area contributed by atoms with E-state index in [4.69, 9.17) is 31.3 Å². The Hall–Kier alpha value is -3.78. The van der Waals surface area contributed by atoms with Crippen LogP contribution in [-0.2, 0) is 25.7 Å². The topological polar surface area (TPSA) is 175 Å². The van der Waals surface area contributed by atoms with Crippen LogP contribution in [0.1, 0.15) is 35.7 Å². The summed E-state index contributed by atoms with van der Waals surface area (Å²) in [4.78, 5) is 50.1. The molecule has 14 heteroatoms. The van der Waals surface area contributed by atoms with Crippen LogP contribution >= 0.6 is 11.6 Å². The number of carboxylic acids is 2. The summed E-state index contributed by atoms with van der Waals surface area (Å²) >= 11 is 6.29. The Balaban J connectivity index is 1.68. The maximum absolute atomic E-state index is 13.2. The van der Waals surface area contributed by atoms with Crippen molar-refractivity contribution in [1.29, 1.82) is 0 Å². The van der Waals surface area contributed by atoms with E-state index in [-0.39, 0.29) is 47.1 Å². The predicted molar refractivity (Wildman–Crippen MR) is 144 cm³/mol. The molecule has 2 amide bonds. The van der Waals surface area contributed by atoms with Crippen LogP contribution in [0.2, 0.25) is 5.02 Å². The van der Waals surface area contributed by atoms with E-state index in [9.17, 15) is 28.7 Å². The van der Waals surface area contributed by atoms with Crippen LogP contribution in [0, 0.1) is 5.82 Å². The highest BCUT2D eigenvalue weighted by Crippen LogP contribution is 2.32. The smallest absolute Gasteiger partial charge is 0.306 e. The van der Waals surface area contributed by atoms with Crippen molar-refractivity contribution in [3.8, 4) is 5.75 Å². The number of aliphatic carboxylic acids is 2. The lowest BCUT2D eigenvalue weighted by Gasteiger charge is -2.33. The summed E-state index contributed by atoms with van der Waals surface area (Å²) in [6, 6.07) is 8.68. The molecular weight excluding hydrogens is 565 g/mol. The number of hydrogen-bond acceptors (Lipinski definition) is 8. The van der Waals surface area contributed by atoms with E-state index >= 15 is 0 Å². The average Bonchev–Trinajstić information content (AvgIpc) is 2.89. The third kappa shape index (κ3) is 9.11. The Kier molecular flexibility index (Phi) is 11.0. The number of nitrogens with zero attached hydrogens (tertiary/aromatic N) is 1. The molecule has 2 aromatic rings. The fourth-order valence-electron chi connectivity index (χ4n) is 4.26. The number of ether oxygens (including phenoxy) is 2. The molecule has 41 heavy (non-hydrogen) atoms. The molecule has 0 aliphatic carbocycles.